The van der Waals surface area contributed by atoms with Gasteiger partial charge >= 0.3 is 0 Å². The fourth-order valence-electron chi connectivity index (χ4n) is 4.30. The lowest BCUT2D eigenvalue weighted by Gasteiger charge is -2.38. The third kappa shape index (κ3) is 6.03. The van der Waals surface area contributed by atoms with Gasteiger partial charge < -0.3 is 29.6 Å². The Kier molecular flexibility index (Phi) is 9.08. The largest absolute Gasteiger partial charge is 0.496 e. The number of hydrogen-bond donors (Lipinski definition) is 2. The minimum atomic E-state index is -0.0586. The fourth-order valence-corrected chi connectivity index (χ4v) is 4.30. The van der Waals surface area contributed by atoms with E-state index in [0.29, 0.717) is 6.54 Å². The number of benzene rings is 2. The molecule has 0 bridgehead atoms. The molecule has 2 aliphatic rings. The van der Waals surface area contributed by atoms with Crippen molar-refractivity contribution >= 4 is 29.9 Å². The molecule has 2 heterocycles. The first-order chi connectivity index (χ1) is 15.6. The van der Waals surface area contributed by atoms with Crippen molar-refractivity contribution in [3.8, 4) is 17.2 Å². The van der Waals surface area contributed by atoms with Crippen LogP contribution in [0.4, 0.5) is 0 Å². The smallest absolute Gasteiger partial charge is 0.231 e. The maximum atomic E-state index is 5.69. The predicted octanol–water partition coefficient (Wildman–Crippen LogP) is 4.15. The minimum Gasteiger partial charge on any atom is -0.496 e. The van der Waals surface area contributed by atoms with E-state index < -0.39 is 0 Å². The summed E-state index contributed by atoms with van der Waals surface area (Å²) in [7, 11) is 1.70. The summed E-state index contributed by atoms with van der Waals surface area (Å²) in [5, 5.41) is 6.96. The third-order valence-corrected chi connectivity index (χ3v) is 6.22. The SMILES string of the molecule is CCNC(=NCc1ccc(C)cc1OC)NCC1(c2ccc3c(c2)OCO3)CCOCC1.I. The summed E-state index contributed by atoms with van der Waals surface area (Å²) in [6.07, 6.45) is 1.87. The monoisotopic (exact) mass is 567 g/mol. The van der Waals surface area contributed by atoms with Crippen LogP contribution in [-0.4, -0.2) is 46.2 Å². The van der Waals surface area contributed by atoms with Gasteiger partial charge in [0.1, 0.15) is 5.75 Å². The van der Waals surface area contributed by atoms with Crippen LogP contribution >= 0.6 is 24.0 Å². The Morgan fingerprint density at radius 2 is 1.85 bits per heavy atom. The summed E-state index contributed by atoms with van der Waals surface area (Å²) in [5.74, 6) is 3.29. The molecule has 7 nitrogen and oxygen atoms in total. The van der Waals surface area contributed by atoms with Crippen LogP contribution in [0.1, 0.15) is 36.5 Å². The van der Waals surface area contributed by atoms with Crippen LogP contribution in [-0.2, 0) is 16.7 Å². The number of hydrogen-bond acceptors (Lipinski definition) is 5. The Morgan fingerprint density at radius 3 is 2.61 bits per heavy atom. The number of rotatable bonds is 7. The van der Waals surface area contributed by atoms with Crippen LogP contribution in [0.2, 0.25) is 0 Å². The zero-order chi connectivity index (χ0) is 22.4. The maximum absolute atomic E-state index is 5.69. The summed E-state index contributed by atoms with van der Waals surface area (Å²) in [5.41, 5.74) is 3.42. The Hall–Kier alpha value is -2.20. The molecule has 0 atom stereocenters. The number of aryl methyl sites for hydroxylation is 1. The molecule has 2 N–H and O–H groups in total. The lowest BCUT2D eigenvalue weighted by molar-refractivity contribution is 0.0513. The second-order valence-electron chi connectivity index (χ2n) is 8.32. The normalized spacial score (nSPS) is 16.6. The van der Waals surface area contributed by atoms with Crippen molar-refractivity contribution in [2.45, 2.75) is 38.6 Å². The van der Waals surface area contributed by atoms with Gasteiger partial charge in [-0.25, -0.2) is 4.99 Å². The van der Waals surface area contributed by atoms with Crippen molar-refractivity contribution in [2.75, 3.05) is 40.2 Å². The number of halogens is 1. The van der Waals surface area contributed by atoms with Gasteiger partial charge in [-0.1, -0.05) is 18.2 Å². The molecule has 0 spiro atoms. The number of fused-ring (bicyclic) bond motifs is 1. The molecular weight excluding hydrogens is 533 g/mol. The highest BCUT2D eigenvalue weighted by atomic mass is 127. The second kappa shape index (κ2) is 11.8. The fraction of sp³-hybridized carbons (Fsp3) is 0.480. The molecule has 0 amide bonds. The van der Waals surface area contributed by atoms with Gasteiger partial charge in [-0.2, -0.15) is 0 Å². The molecule has 1 fully saturated rings. The average molecular weight is 567 g/mol. The van der Waals surface area contributed by atoms with Crippen molar-refractivity contribution in [1.82, 2.24) is 10.6 Å². The average Bonchev–Trinajstić information content (AvgIpc) is 3.30. The summed E-state index contributed by atoms with van der Waals surface area (Å²) in [4.78, 5) is 4.83. The Morgan fingerprint density at radius 1 is 1.06 bits per heavy atom. The predicted molar refractivity (Wildman–Crippen MR) is 140 cm³/mol. The van der Waals surface area contributed by atoms with Crippen molar-refractivity contribution < 1.29 is 18.9 Å². The van der Waals surface area contributed by atoms with Crippen LogP contribution in [0.15, 0.2) is 41.4 Å². The summed E-state index contributed by atoms with van der Waals surface area (Å²) in [6, 6.07) is 12.5. The molecule has 0 aromatic heterocycles. The van der Waals surface area contributed by atoms with Crippen LogP contribution in [0.3, 0.4) is 0 Å². The van der Waals surface area contributed by atoms with Crippen LogP contribution in [0.25, 0.3) is 0 Å². The van der Waals surface area contributed by atoms with E-state index in [1.807, 2.05) is 12.1 Å². The van der Waals surface area contributed by atoms with Crippen LogP contribution in [0.5, 0.6) is 17.2 Å². The number of methoxy groups -OCH3 is 1. The molecule has 2 aromatic carbocycles. The highest BCUT2D eigenvalue weighted by molar-refractivity contribution is 14.0. The minimum absolute atomic E-state index is 0. The van der Waals surface area contributed by atoms with E-state index in [9.17, 15) is 0 Å². The van der Waals surface area contributed by atoms with Gasteiger partial charge in [0, 0.05) is 37.3 Å². The van der Waals surface area contributed by atoms with E-state index in [1.165, 1.54) is 11.1 Å². The van der Waals surface area contributed by atoms with E-state index in [-0.39, 0.29) is 36.2 Å². The van der Waals surface area contributed by atoms with Crippen molar-refractivity contribution in [1.29, 1.82) is 0 Å². The van der Waals surface area contributed by atoms with E-state index in [2.05, 4.69) is 48.7 Å². The Bertz CT molecular complexity index is 961. The summed E-state index contributed by atoms with van der Waals surface area (Å²) < 4.78 is 22.4. The molecular formula is C25H34IN3O4. The second-order valence-corrected chi connectivity index (χ2v) is 8.32. The van der Waals surface area contributed by atoms with Crippen molar-refractivity contribution in [2.24, 2.45) is 4.99 Å². The maximum Gasteiger partial charge on any atom is 0.231 e. The molecule has 8 heteroatoms. The first-order valence-corrected chi connectivity index (χ1v) is 11.3. The highest BCUT2D eigenvalue weighted by Crippen LogP contribution is 2.40. The van der Waals surface area contributed by atoms with Gasteiger partial charge in [0.2, 0.25) is 6.79 Å². The van der Waals surface area contributed by atoms with E-state index in [0.717, 1.165) is 67.9 Å². The number of ether oxygens (including phenoxy) is 4. The third-order valence-electron chi connectivity index (χ3n) is 6.22. The van der Waals surface area contributed by atoms with E-state index in [4.69, 9.17) is 23.9 Å². The lowest BCUT2D eigenvalue weighted by Crippen LogP contribution is -2.48. The first kappa shape index (κ1) is 25.4. The van der Waals surface area contributed by atoms with Gasteiger partial charge in [0.05, 0.1) is 13.7 Å². The quantitative estimate of drug-likeness (QED) is 0.298. The van der Waals surface area contributed by atoms with Gasteiger partial charge in [0.25, 0.3) is 0 Å². The van der Waals surface area contributed by atoms with E-state index >= 15 is 0 Å². The molecule has 2 aliphatic heterocycles. The van der Waals surface area contributed by atoms with Crippen molar-refractivity contribution in [3.05, 3.63) is 53.1 Å². The molecule has 0 radical (unpaired) electrons. The summed E-state index contributed by atoms with van der Waals surface area (Å²) >= 11 is 0. The van der Waals surface area contributed by atoms with Gasteiger partial charge in [-0.05, 0) is 56.0 Å². The molecule has 1 saturated heterocycles. The molecule has 180 valence electrons. The van der Waals surface area contributed by atoms with Crippen LogP contribution < -0.4 is 24.8 Å². The standard InChI is InChI=1S/C25H33N3O4.HI/c1-4-26-24(27-15-19-6-5-18(2)13-22(19)29-3)28-16-25(9-11-30-12-10-25)20-7-8-21-23(14-20)32-17-31-21;/h5-8,13-14H,4,9-12,15-17H2,1-3H3,(H2,26,27,28);1H. The number of nitrogens with zero attached hydrogens (tertiary/aromatic N) is 1. The van der Waals surface area contributed by atoms with Gasteiger partial charge in [-0.3, -0.25) is 0 Å². The molecule has 33 heavy (non-hydrogen) atoms. The molecule has 2 aromatic rings. The molecule has 4 rings (SSSR count). The summed E-state index contributed by atoms with van der Waals surface area (Å²) in [6.45, 7) is 7.99. The van der Waals surface area contributed by atoms with Gasteiger partial charge in [-0.15, -0.1) is 24.0 Å². The molecule has 0 saturated carbocycles. The zero-order valence-corrected chi connectivity index (χ0v) is 21.9. The van der Waals surface area contributed by atoms with Crippen LogP contribution in [0, 0.1) is 6.92 Å². The topological polar surface area (TPSA) is 73.3 Å². The van der Waals surface area contributed by atoms with Crippen molar-refractivity contribution in [3.63, 3.8) is 0 Å². The molecule has 0 unspecified atom stereocenters. The Labute approximate surface area is 213 Å². The highest BCUT2D eigenvalue weighted by Gasteiger charge is 2.35. The van der Waals surface area contributed by atoms with Gasteiger partial charge in [0.15, 0.2) is 17.5 Å². The van der Waals surface area contributed by atoms with E-state index in [1.54, 1.807) is 7.11 Å². The first-order valence-electron chi connectivity index (χ1n) is 11.3. The zero-order valence-electron chi connectivity index (χ0n) is 19.6. The number of nitrogens with one attached hydrogen (secondary N) is 2. The number of guanidine groups is 1. The number of aliphatic imine (C=N–C) groups is 1. The lowest BCUT2D eigenvalue weighted by atomic mass is 9.74. The molecule has 0 aliphatic carbocycles. The Balaban J connectivity index is 0.00000306.